The monoisotopic (exact) mass is 602 g/mol. The number of nitrogens with zero attached hydrogens (tertiary/aromatic N) is 1. The number of anilines is 1. The van der Waals surface area contributed by atoms with Gasteiger partial charge in [-0.15, -0.1) is 13.2 Å². The van der Waals surface area contributed by atoms with Gasteiger partial charge in [-0.2, -0.15) is 17.6 Å². The number of alkyl halides is 6. The van der Waals surface area contributed by atoms with Crippen LogP contribution >= 0.6 is 0 Å². The molecule has 1 fully saturated rings. The summed E-state index contributed by atoms with van der Waals surface area (Å²) < 4.78 is 113. The van der Waals surface area contributed by atoms with Gasteiger partial charge in [-0.1, -0.05) is 0 Å². The van der Waals surface area contributed by atoms with Crippen molar-refractivity contribution in [1.29, 1.82) is 0 Å². The molecule has 2 aromatic carbocycles. The van der Waals surface area contributed by atoms with Gasteiger partial charge in [0.15, 0.2) is 11.5 Å². The van der Waals surface area contributed by atoms with Crippen molar-refractivity contribution in [2.24, 2.45) is 0 Å². The molecular formula is C27H21F7N2O6. The van der Waals surface area contributed by atoms with E-state index in [1.54, 1.807) is 0 Å². The van der Waals surface area contributed by atoms with Crippen LogP contribution in [-0.4, -0.2) is 37.4 Å². The molecule has 1 amide bonds. The highest BCUT2D eigenvalue weighted by atomic mass is 19.4. The zero-order valence-electron chi connectivity index (χ0n) is 22.0. The van der Waals surface area contributed by atoms with Gasteiger partial charge >= 0.3 is 18.5 Å². The van der Waals surface area contributed by atoms with Crippen LogP contribution in [0, 0.1) is 12.7 Å². The molecule has 15 heteroatoms. The Hall–Kier alpha value is -4.56. The zero-order valence-corrected chi connectivity index (χ0v) is 22.0. The summed E-state index contributed by atoms with van der Waals surface area (Å²) >= 11 is 0. The predicted octanol–water partition coefficient (Wildman–Crippen LogP) is 7.16. The van der Waals surface area contributed by atoms with E-state index in [9.17, 15) is 40.3 Å². The molecule has 224 valence electrons. The molecule has 1 aromatic heterocycles. The summed E-state index contributed by atoms with van der Waals surface area (Å²) in [7, 11) is 2.03. The Bertz CT molecular complexity index is 1530. The minimum absolute atomic E-state index is 0.0116. The molecule has 0 bridgehead atoms. The number of rotatable bonds is 8. The van der Waals surface area contributed by atoms with Crippen LogP contribution in [0.25, 0.3) is 0 Å². The lowest BCUT2D eigenvalue weighted by atomic mass is 9.99. The molecule has 1 aliphatic carbocycles. The van der Waals surface area contributed by atoms with E-state index in [0.29, 0.717) is 17.7 Å². The number of nitrogens with one attached hydrogen (secondary N) is 1. The largest absolute Gasteiger partial charge is 0.573 e. The molecule has 1 heterocycles. The Labute approximate surface area is 233 Å². The van der Waals surface area contributed by atoms with Gasteiger partial charge in [0.2, 0.25) is 11.6 Å². The van der Waals surface area contributed by atoms with E-state index >= 15 is 0 Å². The normalized spacial score (nSPS) is 13.4. The van der Waals surface area contributed by atoms with Crippen molar-refractivity contribution in [3.8, 4) is 23.0 Å². The molecule has 0 atom stereocenters. The van der Waals surface area contributed by atoms with Gasteiger partial charge in [-0.3, -0.25) is 4.79 Å². The van der Waals surface area contributed by atoms with Gasteiger partial charge < -0.3 is 24.3 Å². The highest BCUT2D eigenvalue weighted by Crippen LogP contribution is 2.45. The molecule has 42 heavy (non-hydrogen) atoms. The lowest BCUT2D eigenvalue weighted by Gasteiger charge is -2.20. The van der Waals surface area contributed by atoms with Crippen LogP contribution in [0.1, 0.15) is 56.3 Å². The van der Waals surface area contributed by atoms with E-state index in [0.717, 1.165) is 46.1 Å². The van der Waals surface area contributed by atoms with Crippen LogP contribution in [0.4, 0.5) is 36.4 Å². The molecule has 0 aliphatic heterocycles. The molecule has 8 nitrogen and oxygen atoms in total. The smallest absolute Gasteiger partial charge is 0.490 e. The average molecular weight is 602 g/mol. The van der Waals surface area contributed by atoms with Crippen molar-refractivity contribution in [2.45, 2.75) is 38.2 Å². The Balaban J connectivity index is 1.79. The van der Waals surface area contributed by atoms with E-state index < -0.39 is 69.9 Å². The van der Waals surface area contributed by atoms with Crippen molar-refractivity contribution in [3.05, 3.63) is 70.3 Å². The minimum atomic E-state index is -5.23. The second kappa shape index (κ2) is 11.4. The molecule has 0 radical (unpaired) electrons. The third-order valence-electron chi connectivity index (χ3n) is 6.23. The van der Waals surface area contributed by atoms with Gasteiger partial charge in [0, 0.05) is 11.9 Å². The molecule has 1 N–H and O–H groups in total. The average Bonchev–Trinajstić information content (AvgIpc) is 3.74. The Morgan fingerprint density at radius 3 is 2.19 bits per heavy atom. The number of aromatic nitrogens is 1. The van der Waals surface area contributed by atoms with Gasteiger partial charge in [0.1, 0.15) is 11.4 Å². The standard InChI is InChI=1S/C27H21F7N2O6/c1-12-15(26(29,30)31)6-7-18(41-20-9-8-19(42-27(32,33)34)22(28)23(20)39-2)21(12)24(37)36-16-10-17(25(38)40-3)35-11-14(16)13-4-5-13/h6-11,13H,4-5H2,1-3H3,(H,35,36,37). The topological polar surface area (TPSA) is 96.0 Å². The highest BCUT2D eigenvalue weighted by molar-refractivity contribution is 6.08. The molecular weight excluding hydrogens is 581 g/mol. The lowest BCUT2D eigenvalue weighted by molar-refractivity contribution is -0.275. The Morgan fingerprint density at radius 2 is 1.62 bits per heavy atom. The van der Waals surface area contributed by atoms with Gasteiger partial charge in [0.05, 0.1) is 25.3 Å². The van der Waals surface area contributed by atoms with Crippen molar-refractivity contribution < 1.29 is 59.3 Å². The number of esters is 1. The van der Waals surface area contributed by atoms with Crippen molar-refractivity contribution >= 4 is 17.6 Å². The van der Waals surface area contributed by atoms with Crippen LogP contribution in [0.15, 0.2) is 36.5 Å². The van der Waals surface area contributed by atoms with E-state index in [2.05, 4.69) is 19.8 Å². The summed E-state index contributed by atoms with van der Waals surface area (Å²) in [6.07, 6.45) is -7.26. The third kappa shape index (κ3) is 6.50. The number of methoxy groups -OCH3 is 2. The maximum atomic E-state index is 14.8. The molecule has 1 saturated carbocycles. The van der Waals surface area contributed by atoms with E-state index in [1.807, 2.05) is 0 Å². The molecule has 0 spiro atoms. The zero-order chi connectivity index (χ0) is 31.0. The van der Waals surface area contributed by atoms with Crippen LogP contribution in [0.5, 0.6) is 23.0 Å². The molecule has 3 aromatic rings. The Morgan fingerprint density at radius 1 is 0.976 bits per heavy atom. The maximum Gasteiger partial charge on any atom is 0.573 e. The third-order valence-corrected chi connectivity index (χ3v) is 6.23. The summed E-state index contributed by atoms with van der Waals surface area (Å²) in [6, 6.07) is 4.05. The second-order valence-electron chi connectivity index (χ2n) is 9.04. The number of amides is 1. The van der Waals surface area contributed by atoms with Crippen LogP contribution in [0.2, 0.25) is 0 Å². The SMILES string of the molecule is COC(=O)c1cc(NC(=O)c2c(Oc3ccc(OC(F)(F)F)c(F)c3OC)ccc(C(F)(F)F)c2C)c(C2CC2)cn1. The van der Waals surface area contributed by atoms with E-state index in [1.165, 1.54) is 12.3 Å². The molecule has 1 aliphatic rings. The number of hydrogen-bond acceptors (Lipinski definition) is 7. The van der Waals surface area contributed by atoms with Crippen LogP contribution in [0.3, 0.4) is 0 Å². The number of halogens is 7. The summed E-state index contributed by atoms with van der Waals surface area (Å²) in [5.41, 5.74) is -1.91. The van der Waals surface area contributed by atoms with E-state index in [-0.39, 0.29) is 17.3 Å². The predicted molar refractivity (Wildman–Crippen MR) is 131 cm³/mol. The fourth-order valence-corrected chi connectivity index (χ4v) is 4.17. The number of pyridine rings is 1. The van der Waals surface area contributed by atoms with Gasteiger partial charge in [-0.05, 0) is 67.1 Å². The number of ether oxygens (including phenoxy) is 4. The van der Waals surface area contributed by atoms with Crippen molar-refractivity contribution in [2.75, 3.05) is 19.5 Å². The first kappa shape index (κ1) is 30.4. The number of benzene rings is 2. The molecule has 0 unspecified atom stereocenters. The fourth-order valence-electron chi connectivity index (χ4n) is 4.17. The minimum Gasteiger partial charge on any atom is -0.490 e. The first-order valence-electron chi connectivity index (χ1n) is 12.0. The molecule has 4 rings (SSSR count). The number of hydrogen-bond donors (Lipinski definition) is 1. The fraction of sp³-hybridized carbons (Fsp3) is 0.296. The van der Waals surface area contributed by atoms with Crippen LogP contribution < -0.4 is 19.5 Å². The van der Waals surface area contributed by atoms with Crippen molar-refractivity contribution in [1.82, 2.24) is 4.98 Å². The summed E-state index contributed by atoms with van der Waals surface area (Å²) in [5.74, 6) is -6.71. The number of carbonyl (C=O) groups is 2. The molecule has 0 saturated heterocycles. The number of carbonyl (C=O) groups excluding carboxylic acids is 2. The first-order chi connectivity index (χ1) is 19.6. The van der Waals surface area contributed by atoms with Gasteiger partial charge in [0.25, 0.3) is 5.91 Å². The summed E-state index contributed by atoms with van der Waals surface area (Å²) in [6.45, 7) is 1.01. The summed E-state index contributed by atoms with van der Waals surface area (Å²) in [4.78, 5) is 29.6. The van der Waals surface area contributed by atoms with Crippen molar-refractivity contribution in [3.63, 3.8) is 0 Å². The summed E-state index contributed by atoms with van der Waals surface area (Å²) in [5, 5.41) is 2.50. The maximum absolute atomic E-state index is 14.8. The first-order valence-corrected chi connectivity index (χ1v) is 12.0. The highest BCUT2D eigenvalue weighted by Gasteiger charge is 2.37. The van der Waals surface area contributed by atoms with Crippen LogP contribution in [-0.2, 0) is 10.9 Å². The lowest BCUT2D eigenvalue weighted by Crippen LogP contribution is -2.19. The van der Waals surface area contributed by atoms with E-state index in [4.69, 9.17) is 9.47 Å². The quantitative estimate of drug-likeness (QED) is 0.216. The second-order valence-corrected chi connectivity index (χ2v) is 9.04. The Kier molecular flexibility index (Phi) is 8.23. The van der Waals surface area contributed by atoms with Gasteiger partial charge in [-0.25, -0.2) is 9.78 Å².